The molecule has 1 aromatic carbocycles. The molecule has 0 saturated carbocycles. The van der Waals surface area contributed by atoms with Crippen LogP contribution in [0.25, 0.3) is 0 Å². The molecule has 0 saturated heterocycles. The molecular weight excluding hydrogens is 238 g/mol. The highest BCUT2D eigenvalue weighted by Gasteiger charge is 2.07. The Labute approximate surface area is 95.0 Å². The first kappa shape index (κ1) is 11.6. The van der Waals surface area contributed by atoms with Crippen LogP contribution in [0.15, 0.2) is 30.3 Å². The Hall–Kier alpha value is -0.500. The Bertz CT molecular complexity index is 248. The molecule has 2 atom stereocenters. The fourth-order valence-corrected chi connectivity index (χ4v) is 2.20. The predicted octanol–water partition coefficient (Wildman–Crippen LogP) is 4.26. The van der Waals surface area contributed by atoms with E-state index in [0.29, 0.717) is 4.95 Å². The number of alkyl halides is 1. The van der Waals surface area contributed by atoms with Gasteiger partial charge in [-0.2, -0.15) is 0 Å². The van der Waals surface area contributed by atoms with Crippen molar-refractivity contribution in [3.8, 4) is 0 Å². The van der Waals surface area contributed by atoms with E-state index in [2.05, 4.69) is 47.2 Å². The van der Waals surface area contributed by atoms with Crippen LogP contribution in [-0.4, -0.2) is 4.95 Å². The monoisotopic (exact) mass is 255 g/mol. The number of anilines is 1. The standard InChI is InChI=1S/C12H18BrN/c1-3-10(2)9-12(13)14-11-7-5-4-6-8-11/h4-8,10,12,14H,3,9H2,1-2H3. The molecule has 0 fully saturated rings. The minimum absolute atomic E-state index is 0.375. The van der Waals surface area contributed by atoms with Crippen LogP contribution >= 0.6 is 15.9 Å². The number of rotatable bonds is 5. The van der Waals surface area contributed by atoms with Crippen molar-refractivity contribution < 1.29 is 0 Å². The number of para-hydroxylation sites is 1. The lowest BCUT2D eigenvalue weighted by molar-refractivity contribution is 0.522. The number of benzene rings is 1. The molecule has 0 bridgehead atoms. The fourth-order valence-electron chi connectivity index (χ4n) is 1.29. The lowest BCUT2D eigenvalue weighted by atomic mass is 10.1. The van der Waals surface area contributed by atoms with Crippen molar-refractivity contribution >= 4 is 21.6 Å². The fraction of sp³-hybridized carbons (Fsp3) is 0.500. The van der Waals surface area contributed by atoms with E-state index in [0.717, 1.165) is 12.3 Å². The van der Waals surface area contributed by atoms with Gasteiger partial charge in [0.2, 0.25) is 0 Å². The molecule has 0 heterocycles. The molecule has 0 aromatic heterocycles. The van der Waals surface area contributed by atoms with Crippen LogP contribution in [0.1, 0.15) is 26.7 Å². The minimum atomic E-state index is 0.375. The summed E-state index contributed by atoms with van der Waals surface area (Å²) in [6.07, 6.45) is 2.39. The van der Waals surface area contributed by atoms with Crippen molar-refractivity contribution in [1.82, 2.24) is 0 Å². The number of hydrogen-bond donors (Lipinski definition) is 1. The molecule has 0 aliphatic rings. The smallest absolute Gasteiger partial charge is 0.0820 e. The number of halogens is 1. The third-order valence-electron chi connectivity index (χ3n) is 2.40. The second-order valence-electron chi connectivity index (χ2n) is 3.73. The summed E-state index contributed by atoms with van der Waals surface area (Å²) in [5, 5.41) is 3.42. The third kappa shape index (κ3) is 4.14. The molecule has 0 spiro atoms. The molecule has 2 heteroatoms. The van der Waals surface area contributed by atoms with E-state index in [1.165, 1.54) is 12.1 Å². The Balaban J connectivity index is 2.37. The first-order valence-corrected chi connectivity index (χ1v) is 6.09. The summed E-state index contributed by atoms with van der Waals surface area (Å²) in [7, 11) is 0. The van der Waals surface area contributed by atoms with Gasteiger partial charge in [0, 0.05) is 5.69 Å². The maximum Gasteiger partial charge on any atom is 0.0820 e. The topological polar surface area (TPSA) is 12.0 Å². The van der Waals surface area contributed by atoms with Crippen molar-refractivity contribution in [3.63, 3.8) is 0 Å². The molecule has 0 amide bonds. The average Bonchev–Trinajstić information content (AvgIpc) is 2.19. The Morgan fingerprint density at radius 1 is 1.29 bits per heavy atom. The zero-order valence-corrected chi connectivity index (χ0v) is 10.4. The SMILES string of the molecule is CCC(C)CC(Br)Nc1ccccc1. The Morgan fingerprint density at radius 2 is 1.93 bits per heavy atom. The third-order valence-corrected chi connectivity index (χ3v) is 3.01. The van der Waals surface area contributed by atoms with Gasteiger partial charge >= 0.3 is 0 Å². The largest absolute Gasteiger partial charge is 0.373 e. The summed E-state index contributed by atoms with van der Waals surface area (Å²) < 4.78 is 0. The zero-order valence-electron chi connectivity index (χ0n) is 8.83. The second-order valence-corrected chi connectivity index (χ2v) is 4.83. The zero-order chi connectivity index (χ0) is 10.4. The summed E-state index contributed by atoms with van der Waals surface area (Å²) in [6.45, 7) is 4.51. The lowest BCUT2D eigenvalue weighted by Gasteiger charge is -2.16. The van der Waals surface area contributed by atoms with Crippen LogP contribution in [0, 0.1) is 5.92 Å². The molecule has 1 N–H and O–H groups in total. The first-order valence-electron chi connectivity index (χ1n) is 5.18. The average molecular weight is 256 g/mol. The molecule has 1 nitrogen and oxygen atoms in total. The predicted molar refractivity (Wildman–Crippen MR) is 66.9 cm³/mol. The van der Waals surface area contributed by atoms with Crippen molar-refractivity contribution in [1.29, 1.82) is 0 Å². The highest BCUT2D eigenvalue weighted by atomic mass is 79.9. The van der Waals surface area contributed by atoms with Crippen LogP contribution < -0.4 is 5.32 Å². The molecule has 0 aliphatic heterocycles. The molecule has 14 heavy (non-hydrogen) atoms. The summed E-state index contributed by atoms with van der Waals surface area (Å²) in [4.78, 5) is 0.375. The second kappa shape index (κ2) is 6.07. The molecule has 2 unspecified atom stereocenters. The summed E-state index contributed by atoms with van der Waals surface area (Å²) in [5.74, 6) is 0.760. The van der Waals surface area contributed by atoms with Gasteiger partial charge in [-0.15, -0.1) is 0 Å². The van der Waals surface area contributed by atoms with Crippen molar-refractivity contribution in [2.75, 3.05) is 5.32 Å². The van der Waals surface area contributed by atoms with Gasteiger partial charge in [0.1, 0.15) is 0 Å². The van der Waals surface area contributed by atoms with E-state index < -0.39 is 0 Å². The van der Waals surface area contributed by atoms with Gasteiger partial charge < -0.3 is 5.32 Å². The quantitative estimate of drug-likeness (QED) is 0.613. The molecular formula is C12H18BrN. The van der Waals surface area contributed by atoms with Crippen LogP contribution in [-0.2, 0) is 0 Å². The number of hydrogen-bond acceptors (Lipinski definition) is 1. The molecule has 78 valence electrons. The lowest BCUT2D eigenvalue weighted by Crippen LogP contribution is -2.14. The van der Waals surface area contributed by atoms with E-state index >= 15 is 0 Å². The summed E-state index contributed by atoms with van der Waals surface area (Å²) in [6, 6.07) is 10.3. The van der Waals surface area contributed by atoms with Gasteiger partial charge in [0.15, 0.2) is 0 Å². The molecule has 0 aliphatic carbocycles. The highest BCUT2D eigenvalue weighted by molar-refractivity contribution is 9.09. The highest BCUT2D eigenvalue weighted by Crippen LogP contribution is 2.18. The van der Waals surface area contributed by atoms with Crippen molar-refractivity contribution in [2.24, 2.45) is 5.92 Å². The van der Waals surface area contributed by atoms with Crippen LogP contribution in [0.4, 0.5) is 5.69 Å². The van der Waals surface area contributed by atoms with E-state index in [9.17, 15) is 0 Å². The van der Waals surface area contributed by atoms with Crippen LogP contribution in [0.2, 0.25) is 0 Å². The van der Waals surface area contributed by atoms with Crippen LogP contribution in [0.3, 0.4) is 0 Å². The van der Waals surface area contributed by atoms with Gasteiger partial charge in [0.05, 0.1) is 4.95 Å². The summed E-state index contributed by atoms with van der Waals surface area (Å²) in [5.41, 5.74) is 1.18. The minimum Gasteiger partial charge on any atom is -0.373 e. The molecule has 1 aromatic rings. The van der Waals surface area contributed by atoms with Gasteiger partial charge in [-0.1, -0.05) is 54.4 Å². The maximum atomic E-state index is 3.64. The van der Waals surface area contributed by atoms with Crippen molar-refractivity contribution in [2.45, 2.75) is 31.6 Å². The van der Waals surface area contributed by atoms with Gasteiger partial charge in [-0.05, 0) is 24.5 Å². The van der Waals surface area contributed by atoms with Gasteiger partial charge in [-0.3, -0.25) is 0 Å². The van der Waals surface area contributed by atoms with E-state index in [4.69, 9.17) is 0 Å². The normalized spacial score (nSPS) is 14.8. The van der Waals surface area contributed by atoms with Gasteiger partial charge in [-0.25, -0.2) is 0 Å². The van der Waals surface area contributed by atoms with Gasteiger partial charge in [0.25, 0.3) is 0 Å². The molecule has 0 radical (unpaired) electrons. The van der Waals surface area contributed by atoms with E-state index in [1.807, 2.05) is 18.2 Å². The Kier molecular flexibility index (Phi) is 5.02. The number of nitrogens with one attached hydrogen (secondary N) is 1. The maximum absolute atomic E-state index is 3.64. The first-order chi connectivity index (χ1) is 6.72. The van der Waals surface area contributed by atoms with E-state index in [-0.39, 0.29) is 0 Å². The Morgan fingerprint density at radius 3 is 2.50 bits per heavy atom. The van der Waals surface area contributed by atoms with Crippen molar-refractivity contribution in [3.05, 3.63) is 30.3 Å². The summed E-state index contributed by atoms with van der Waals surface area (Å²) >= 11 is 3.64. The molecule has 1 rings (SSSR count). The van der Waals surface area contributed by atoms with Crippen LogP contribution in [0.5, 0.6) is 0 Å². The van der Waals surface area contributed by atoms with E-state index in [1.54, 1.807) is 0 Å².